The molecule has 68 valence electrons. The molecule has 2 nitrogen and oxygen atoms in total. The summed E-state index contributed by atoms with van der Waals surface area (Å²) >= 11 is 5.43. The van der Waals surface area contributed by atoms with Gasteiger partial charge in [-0.25, -0.2) is 4.98 Å². The third-order valence-corrected chi connectivity index (χ3v) is 1.64. The lowest BCUT2D eigenvalue weighted by Gasteiger charge is -2.09. The average Bonchev–Trinajstić information content (AvgIpc) is 2.15. The van der Waals surface area contributed by atoms with Crippen molar-refractivity contribution in [3.05, 3.63) is 23.9 Å². The van der Waals surface area contributed by atoms with Crippen LogP contribution in [0.15, 0.2) is 18.3 Å². The van der Waals surface area contributed by atoms with Crippen LogP contribution in [0, 0.1) is 11.8 Å². The van der Waals surface area contributed by atoms with Gasteiger partial charge in [0.05, 0.1) is 5.88 Å². The molecule has 1 heterocycles. The fourth-order valence-electron chi connectivity index (χ4n) is 0.860. The van der Waals surface area contributed by atoms with Crippen molar-refractivity contribution in [3.8, 4) is 11.8 Å². The number of hydrogen-bond acceptors (Lipinski definition) is 2. The first kappa shape index (κ1) is 9.88. The lowest BCUT2D eigenvalue weighted by molar-refractivity contribution is 1.07. The van der Waals surface area contributed by atoms with Crippen LogP contribution < -0.4 is 4.90 Å². The molecule has 3 heteroatoms. The van der Waals surface area contributed by atoms with E-state index in [9.17, 15) is 0 Å². The van der Waals surface area contributed by atoms with Crippen molar-refractivity contribution in [2.24, 2.45) is 0 Å². The third kappa shape index (κ3) is 2.96. The first-order valence-corrected chi connectivity index (χ1v) is 4.45. The van der Waals surface area contributed by atoms with E-state index in [4.69, 9.17) is 11.6 Å². The van der Waals surface area contributed by atoms with Gasteiger partial charge in [-0.1, -0.05) is 11.8 Å². The SMILES string of the molecule is CN(C)c1ccc(C#CCCl)cn1. The predicted molar refractivity (Wildman–Crippen MR) is 56.2 cm³/mol. The Morgan fingerprint density at radius 2 is 2.23 bits per heavy atom. The molecule has 0 saturated carbocycles. The van der Waals surface area contributed by atoms with Crippen molar-refractivity contribution >= 4 is 17.4 Å². The second kappa shape index (κ2) is 4.74. The molecule has 0 aliphatic heterocycles. The minimum Gasteiger partial charge on any atom is -0.363 e. The van der Waals surface area contributed by atoms with Gasteiger partial charge in [0.1, 0.15) is 5.82 Å². The Bertz CT molecular complexity index is 319. The van der Waals surface area contributed by atoms with Gasteiger partial charge in [0.2, 0.25) is 0 Å². The van der Waals surface area contributed by atoms with E-state index in [1.807, 2.05) is 31.1 Å². The minimum atomic E-state index is 0.357. The highest BCUT2D eigenvalue weighted by Gasteiger charge is 1.94. The molecular weight excluding hydrogens is 184 g/mol. The van der Waals surface area contributed by atoms with Gasteiger partial charge in [-0.15, -0.1) is 11.6 Å². The fraction of sp³-hybridized carbons (Fsp3) is 0.300. The van der Waals surface area contributed by atoms with Crippen LogP contribution in [0.25, 0.3) is 0 Å². The highest BCUT2D eigenvalue weighted by Crippen LogP contribution is 2.06. The van der Waals surface area contributed by atoms with Crippen molar-refractivity contribution < 1.29 is 0 Å². The third-order valence-electron chi connectivity index (χ3n) is 1.51. The number of alkyl halides is 1. The summed E-state index contributed by atoms with van der Waals surface area (Å²) in [6.07, 6.45) is 1.74. The van der Waals surface area contributed by atoms with Gasteiger partial charge in [0.25, 0.3) is 0 Å². The summed E-state index contributed by atoms with van der Waals surface area (Å²) in [5, 5.41) is 0. The quantitative estimate of drug-likeness (QED) is 0.500. The molecule has 0 saturated heterocycles. The zero-order valence-corrected chi connectivity index (χ0v) is 8.47. The van der Waals surface area contributed by atoms with Crippen LogP contribution in [0.3, 0.4) is 0 Å². The van der Waals surface area contributed by atoms with Crippen LogP contribution in [0.5, 0.6) is 0 Å². The molecule has 0 aromatic carbocycles. The van der Waals surface area contributed by atoms with Crippen LogP contribution in [-0.2, 0) is 0 Å². The minimum absolute atomic E-state index is 0.357. The molecule has 0 atom stereocenters. The van der Waals surface area contributed by atoms with E-state index < -0.39 is 0 Å². The van der Waals surface area contributed by atoms with Crippen molar-refractivity contribution in [1.29, 1.82) is 0 Å². The van der Waals surface area contributed by atoms with Gasteiger partial charge in [-0.3, -0.25) is 0 Å². The first-order chi connectivity index (χ1) is 6.24. The maximum absolute atomic E-state index is 5.43. The van der Waals surface area contributed by atoms with E-state index in [0.29, 0.717) is 5.88 Å². The number of rotatable bonds is 1. The predicted octanol–water partition coefficient (Wildman–Crippen LogP) is 1.74. The van der Waals surface area contributed by atoms with E-state index in [1.165, 1.54) is 0 Å². The van der Waals surface area contributed by atoms with Gasteiger partial charge < -0.3 is 4.90 Å². The highest BCUT2D eigenvalue weighted by molar-refractivity contribution is 6.19. The Morgan fingerprint density at radius 3 is 2.69 bits per heavy atom. The molecule has 0 fully saturated rings. The van der Waals surface area contributed by atoms with Crippen LogP contribution in [0.1, 0.15) is 5.56 Å². The van der Waals surface area contributed by atoms with Crippen LogP contribution >= 0.6 is 11.6 Å². The molecule has 0 unspecified atom stereocenters. The van der Waals surface area contributed by atoms with Crippen molar-refractivity contribution in [2.75, 3.05) is 24.9 Å². The number of aromatic nitrogens is 1. The van der Waals surface area contributed by atoms with E-state index in [1.54, 1.807) is 6.20 Å². The maximum atomic E-state index is 5.43. The molecule has 0 spiro atoms. The number of anilines is 1. The summed E-state index contributed by atoms with van der Waals surface area (Å²) in [5.74, 6) is 6.96. The molecule has 0 radical (unpaired) electrons. The summed E-state index contributed by atoms with van der Waals surface area (Å²) in [7, 11) is 3.90. The molecule has 1 aromatic heterocycles. The Balaban J connectivity index is 2.81. The Morgan fingerprint density at radius 1 is 1.46 bits per heavy atom. The number of hydrogen-bond donors (Lipinski definition) is 0. The number of nitrogens with zero attached hydrogens (tertiary/aromatic N) is 2. The number of pyridine rings is 1. The fourth-order valence-corrected chi connectivity index (χ4v) is 0.927. The van der Waals surface area contributed by atoms with E-state index >= 15 is 0 Å². The monoisotopic (exact) mass is 194 g/mol. The van der Waals surface area contributed by atoms with Crippen molar-refractivity contribution in [2.45, 2.75) is 0 Å². The summed E-state index contributed by atoms with van der Waals surface area (Å²) < 4.78 is 0. The standard InChI is InChI=1S/C10H11ClN2/c1-13(2)10-6-5-9(8-12-10)4-3-7-11/h5-6,8H,7H2,1-2H3. The molecule has 0 bridgehead atoms. The smallest absolute Gasteiger partial charge is 0.128 e. The van der Waals surface area contributed by atoms with Gasteiger partial charge in [0.15, 0.2) is 0 Å². The number of halogens is 1. The molecule has 0 amide bonds. The molecule has 1 aromatic rings. The summed E-state index contributed by atoms with van der Waals surface area (Å²) in [6.45, 7) is 0. The van der Waals surface area contributed by atoms with Gasteiger partial charge in [-0.2, -0.15) is 0 Å². The average molecular weight is 195 g/mol. The molecule has 1 rings (SSSR count). The van der Waals surface area contributed by atoms with Crippen LogP contribution in [0.2, 0.25) is 0 Å². The van der Waals surface area contributed by atoms with Crippen molar-refractivity contribution in [3.63, 3.8) is 0 Å². The van der Waals surface area contributed by atoms with E-state index in [2.05, 4.69) is 16.8 Å². The molecular formula is C10H11ClN2. The topological polar surface area (TPSA) is 16.1 Å². The molecule has 13 heavy (non-hydrogen) atoms. The first-order valence-electron chi connectivity index (χ1n) is 3.92. The summed E-state index contributed by atoms with van der Waals surface area (Å²) in [6, 6.07) is 3.86. The maximum Gasteiger partial charge on any atom is 0.128 e. The zero-order valence-electron chi connectivity index (χ0n) is 7.71. The lowest BCUT2D eigenvalue weighted by Crippen LogP contribution is -2.10. The summed E-state index contributed by atoms with van der Waals surface area (Å²) in [4.78, 5) is 6.15. The van der Waals surface area contributed by atoms with Crippen LogP contribution in [-0.4, -0.2) is 25.0 Å². The van der Waals surface area contributed by atoms with Crippen LogP contribution in [0.4, 0.5) is 5.82 Å². The zero-order chi connectivity index (χ0) is 9.68. The Labute approximate surface area is 83.5 Å². The van der Waals surface area contributed by atoms with Crippen molar-refractivity contribution in [1.82, 2.24) is 4.98 Å². The van der Waals surface area contributed by atoms with E-state index in [0.717, 1.165) is 11.4 Å². The Kier molecular flexibility index (Phi) is 3.60. The molecule has 0 N–H and O–H groups in total. The lowest BCUT2D eigenvalue weighted by atomic mass is 10.3. The van der Waals surface area contributed by atoms with Gasteiger partial charge >= 0.3 is 0 Å². The van der Waals surface area contributed by atoms with E-state index in [-0.39, 0.29) is 0 Å². The highest BCUT2D eigenvalue weighted by atomic mass is 35.5. The van der Waals surface area contributed by atoms with Gasteiger partial charge in [0, 0.05) is 25.9 Å². The molecule has 0 aliphatic rings. The Hall–Kier alpha value is -1.20. The second-order valence-electron chi connectivity index (χ2n) is 2.73. The molecule has 0 aliphatic carbocycles. The normalized spacial score (nSPS) is 8.85. The largest absolute Gasteiger partial charge is 0.363 e. The second-order valence-corrected chi connectivity index (χ2v) is 3.00. The van der Waals surface area contributed by atoms with Gasteiger partial charge in [-0.05, 0) is 12.1 Å². The summed E-state index contributed by atoms with van der Waals surface area (Å²) in [5.41, 5.74) is 0.895.